The van der Waals surface area contributed by atoms with E-state index in [4.69, 9.17) is 11.6 Å². The predicted molar refractivity (Wildman–Crippen MR) is 96.7 cm³/mol. The summed E-state index contributed by atoms with van der Waals surface area (Å²) < 4.78 is 14.0. The second-order valence-corrected chi connectivity index (χ2v) is 7.21. The number of amides is 1. The van der Waals surface area contributed by atoms with E-state index < -0.39 is 5.82 Å². The highest BCUT2D eigenvalue weighted by molar-refractivity contribution is 9.10. The Kier molecular flexibility index (Phi) is 5.54. The van der Waals surface area contributed by atoms with Gasteiger partial charge in [-0.25, -0.2) is 4.39 Å². The lowest BCUT2D eigenvalue weighted by Gasteiger charge is -2.34. The number of carbonyl (C=O) groups is 1. The van der Waals surface area contributed by atoms with E-state index in [0.717, 1.165) is 24.7 Å². The zero-order valence-corrected chi connectivity index (χ0v) is 15.4. The van der Waals surface area contributed by atoms with E-state index in [0.29, 0.717) is 23.1 Å². The minimum absolute atomic E-state index is 0.124. The lowest BCUT2D eigenvalue weighted by molar-refractivity contribution is 0.0628. The molecule has 0 bridgehead atoms. The Balaban J connectivity index is 1.58. The number of hydrogen-bond donors (Lipinski definition) is 0. The zero-order valence-electron chi connectivity index (χ0n) is 13.0. The summed E-state index contributed by atoms with van der Waals surface area (Å²) in [5.74, 6) is -0.532. The van der Waals surface area contributed by atoms with Crippen LogP contribution in [0.3, 0.4) is 0 Å². The first-order valence-corrected chi connectivity index (χ1v) is 8.90. The smallest absolute Gasteiger partial charge is 0.254 e. The van der Waals surface area contributed by atoms with Gasteiger partial charge in [0.1, 0.15) is 5.82 Å². The molecule has 6 heteroatoms. The van der Waals surface area contributed by atoms with E-state index >= 15 is 0 Å². The maximum Gasteiger partial charge on any atom is 0.254 e. The summed E-state index contributed by atoms with van der Waals surface area (Å²) in [4.78, 5) is 16.6. The fourth-order valence-corrected chi connectivity index (χ4v) is 3.41. The molecular weight excluding hydrogens is 395 g/mol. The van der Waals surface area contributed by atoms with Gasteiger partial charge in [-0.3, -0.25) is 9.69 Å². The Labute approximate surface area is 154 Å². The van der Waals surface area contributed by atoms with Crippen molar-refractivity contribution in [2.45, 2.75) is 6.54 Å². The van der Waals surface area contributed by atoms with Crippen LogP contribution < -0.4 is 0 Å². The van der Waals surface area contributed by atoms with Crippen molar-refractivity contribution in [3.63, 3.8) is 0 Å². The number of rotatable bonds is 3. The number of nitrogens with zero attached hydrogens (tertiary/aromatic N) is 2. The van der Waals surface area contributed by atoms with Crippen molar-refractivity contribution < 1.29 is 9.18 Å². The fourth-order valence-electron chi connectivity index (χ4n) is 2.82. The number of benzene rings is 2. The molecule has 2 aromatic carbocycles. The van der Waals surface area contributed by atoms with Gasteiger partial charge in [0.2, 0.25) is 0 Å². The highest BCUT2D eigenvalue weighted by Crippen LogP contribution is 2.18. The standard InChI is InChI=1S/C18H17BrClFN2O/c19-15-9-14(10-17(21)11-15)18(24)23-7-5-22(6-8-23)12-13-1-3-16(20)4-2-13/h1-4,9-11H,5-8,12H2. The van der Waals surface area contributed by atoms with E-state index in [1.54, 1.807) is 11.0 Å². The van der Waals surface area contributed by atoms with E-state index in [9.17, 15) is 9.18 Å². The van der Waals surface area contributed by atoms with Crippen molar-refractivity contribution in [1.82, 2.24) is 9.80 Å². The average Bonchev–Trinajstić information content (AvgIpc) is 2.56. The molecule has 24 heavy (non-hydrogen) atoms. The van der Waals surface area contributed by atoms with Crippen molar-refractivity contribution in [3.05, 3.63) is 68.9 Å². The third-order valence-corrected chi connectivity index (χ3v) is 4.80. The maximum absolute atomic E-state index is 13.5. The Morgan fingerprint density at radius 3 is 2.38 bits per heavy atom. The molecular formula is C18H17BrClFN2O. The van der Waals surface area contributed by atoms with Crippen LogP contribution in [0.1, 0.15) is 15.9 Å². The maximum atomic E-state index is 13.5. The van der Waals surface area contributed by atoms with Gasteiger partial charge >= 0.3 is 0 Å². The Hall–Kier alpha value is -1.43. The molecule has 1 amide bonds. The van der Waals surface area contributed by atoms with Crippen molar-refractivity contribution in [1.29, 1.82) is 0 Å². The van der Waals surface area contributed by atoms with Crippen LogP contribution in [0.25, 0.3) is 0 Å². The molecule has 126 valence electrons. The summed E-state index contributed by atoms with van der Waals surface area (Å²) in [6, 6.07) is 12.1. The Bertz CT molecular complexity index is 710. The molecule has 0 aliphatic carbocycles. The van der Waals surface area contributed by atoms with Crippen LogP contribution in [0.4, 0.5) is 4.39 Å². The molecule has 1 heterocycles. The average molecular weight is 412 g/mol. The molecule has 1 aliphatic rings. The van der Waals surface area contributed by atoms with Crippen LogP contribution in [0.2, 0.25) is 5.02 Å². The monoisotopic (exact) mass is 410 g/mol. The molecule has 2 aromatic rings. The van der Waals surface area contributed by atoms with E-state index in [-0.39, 0.29) is 5.91 Å². The molecule has 0 unspecified atom stereocenters. The fraction of sp³-hybridized carbons (Fsp3) is 0.278. The van der Waals surface area contributed by atoms with Gasteiger partial charge in [-0.15, -0.1) is 0 Å². The molecule has 0 spiro atoms. The molecule has 1 saturated heterocycles. The summed E-state index contributed by atoms with van der Waals surface area (Å²) >= 11 is 9.13. The molecule has 1 aliphatic heterocycles. The molecule has 0 atom stereocenters. The third kappa shape index (κ3) is 4.35. The lowest BCUT2D eigenvalue weighted by atomic mass is 10.1. The quantitative estimate of drug-likeness (QED) is 0.756. The minimum Gasteiger partial charge on any atom is -0.336 e. The predicted octanol–water partition coefficient (Wildman–Crippen LogP) is 4.20. The number of halogens is 3. The molecule has 0 aromatic heterocycles. The number of carbonyl (C=O) groups excluding carboxylic acids is 1. The first-order valence-electron chi connectivity index (χ1n) is 7.73. The topological polar surface area (TPSA) is 23.6 Å². The summed E-state index contributed by atoms with van der Waals surface area (Å²) in [6.45, 7) is 3.71. The van der Waals surface area contributed by atoms with Crippen molar-refractivity contribution in [2.75, 3.05) is 26.2 Å². The molecule has 0 saturated carbocycles. The summed E-state index contributed by atoms with van der Waals surface area (Å²) in [5, 5.41) is 0.732. The highest BCUT2D eigenvalue weighted by atomic mass is 79.9. The minimum atomic E-state index is -0.408. The van der Waals surface area contributed by atoms with Crippen LogP contribution >= 0.6 is 27.5 Å². The van der Waals surface area contributed by atoms with Crippen LogP contribution in [0.5, 0.6) is 0 Å². The van der Waals surface area contributed by atoms with Crippen LogP contribution in [0, 0.1) is 5.82 Å². The number of hydrogen-bond acceptors (Lipinski definition) is 2. The Morgan fingerprint density at radius 2 is 1.75 bits per heavy atom. The van der Waals surface area contributed by atoms with Gasteiger partial charge in [0.05, 0.1) is 0 Å². The normalized spacial score (nSPS) is 15.5. The van der Waals surface area contributed by atoms with Gasteiger partial charge in [-0.05, 0) is 35.9 Å². The van der Waals surface area contributed by atoms with Gasteiger partial charge in [0.25, 0.3) is 5.91 Å². The van der Waals surface area contributed by atoms with Crippen LogP contribution in [-0.2, 0) is 6.54 Å². The molecule has 3 rings (SSSR count). The first-order chi connectivity index (χ1) is 11.5. The summed E-state index contributed by atoms with van der Waals surface area (Å²) in [6.07, 6.45) is 0. The van der Waals surface area contributed by atoms with Crippen LogP contribution in [-0.4, -0.2) is 41.9 Å². The summed E-state index contributed by atoms with van der Waals surface area (Å²) in [5.41, 5.74) is 1.58. The van der Waals surface area contributed by atoms with E-state index in [2.05, 4.69) is 20.8 Å². The lowest BCUT2D eigenvalue weighted by Crippen LogP contribution is -2.48. The SMILES string of the molecule is O=C(c1cc(F)cc(Br)c1)N1CCN(Cc2ccc(Cl)cc2)CC1. The molecule has 0 radical (unpaired) electrons. The van der Waals surface area contributed by atoms with Crippen LogP contribution in [0.15, 0.2) is 46.9 Å². The highest BCUT2D eigenvalue weighted by Gasteiger charge is 2.22. The largest absolute Gasteiger partial charge is 0.336 e. The van der Waals surface area contributed by atoms with Gasteiger partial charge in [-0.2, -0.15) is 0 Å². The van der Waals surface area contributed by atoms with Crippen molar-refractivity contribution >= 4 is 33.4 Å². The summed E-state index contributed by atoms with van der Waals surface area (Å²) in [7, 11) is 0. The van der Waals surface area contributed by atoms with Gasteiger partial charge < -0.3 is 4.90 Å². The third-order valence-electron chi connectivity index (χ3n) is 4.09. The van der Waals surface area contributed by atoms with Gasteiger partial charge in [-0.1, -0.05) is 39.7 Å². The first kappa shape index (κ1) is 17.4. The second kappa shape index (κ2) is 7.64. The molecule has 0 N–H and O–H groups in total. The van der Waals surface area contributed by atoms with E-state index in [1.165, 1.54) is 17.7 Å². The van der Waals surface area contributed by atoms with Crippen molar-refractivity contribution in [3.8, 4) is 0 Å². The van der Waals surface area contributed by atoms with Gasteiger partial charge in [0.15, 0.2) is 0 Å². The zero-order chi connectivity index (χ0) is 17.1. The second-order valence-electron chi connectivity index (χ2n) is 5.85. The van der Waals surface area contributed by atoms with Crippen molar-refractivity contribution in [2.24, 2.45) is 0 Å². The van der Waals surface area contributed by atoms with Gasteiger partial charge in [0, 0.05) is 47.8 Å². The molecule has 1 fully saturated rings. The number of piperazine rings is 1. The Morgan fingerprint density at radius 1 is 1.08 bits per heavy atom. The van der Waals surface area contributed by atoms with E-state index in [1.807, 2.05) is 24.3 Å². The molecule has 3 nitrogen and oxygen atoms in total.